The van der Waals surface area contributed by atoms with Gasteiger partial charge in [0.2, 0.25) is 0 Å². The summed E-state index contributed by atoms with van der Waals surface area (Å²) in [4.78, 5) is 22.7. The Hall–Kier alpha value is -2.82. The summed E-state index contributed by atoms with van der Waals surface area (Å²) >= 11 is 0. The van der Waals surface area contributed by atoms with Crippen molar-refractivity contribution in [1.82, 2.24) is 0 Å². The van der Waals surface area contributed by atoms with Gasteiger partial charge in [-0.25, -0.2) is 0 Å². The van der Waals surface area contributed by atoms with Crippen LogP contribution in [-0.2, 0) is 11.2 Å². The van der Waals surface area contributed by atoms with Crippen LogP contribution in [0.3, 0.4) is 0 Å². The zero-order chi connectivity index (χ0) is 15.9. The van der Waals surface area contributed by atoms with E-state index in [1.807, 2.05) is 0 Å². The summed E-state index contributed by atoms with van der Waals surface area (Å²) in [6.07, 6.45) is 0.530. The summed E-state index contributed by atoms with van der Waals surface area (Å²) in [5, 5.41) is 11.4. The Labute approximate surface area is 128 Å². The molecule has 0 heterocycles. The molecule has 0 aliphatic rings. The molecule has 0 spiro atoms. The summed E-state index contributed by atoms with van der Waals surface area (Å²) < 4.78 is 5.10. The highest BCUT2D eigenvalue weighted by molar-refractivity contribution is 6.04. The van der Waals surface area contributed by atoms with E-state index < -0.39 is 5.97 Å². The lowest BCUT2D eigenvalue weighted by Gasteiger charge is -2.07. The van der Waals surface area contributed by atoms with Gasteiger partial charge >= 0.3 is 5.97 Å². The molecule has 0 aromatic heterocycles. The molecule has 114 valence electrons. The molecule has 5 nitrogen and oxygen atoms in total. The standard InChI is InChI=1S/C17H17NO4/c1-22-15-4-2-3-14(11-15)18-17(21)13-8-5-12(6-9-13)7-10-16(19)20/h2-6,8-9,11H,7,10H2,1H3,(H,18,21)(H,19,20). The second-order valence-electron chi connectivity index (χ2n) is 4.78. The topological polar surface area (TPSA) is 75.6 Å². The lowest BCUT2D eigenvalue weighted by atomic mass is 10.1. The lowest BCUT2D eigenvalue weighted by molar-refractivity contribution is -0.136. The molecule has 2 rings (SSSR count). The molecular weight excluding hydrogens is 282 g/mol. The van der Waals surface area contributed by atoms with Crippen molar-refractivity contribution in [3.63, 3.8) is 0 Å². The van der Waals surface area contributed by atoms with Crippen molar-refractivity contribution in [3.8, 4) is 5.75 Å². The predicted octanol–water partition coefficient (Wildman–Crippen LogP) is 2.96. The minimum atomic E-state index is -0.833. The molecule has 2 aromatic carbocycles. The third kappa shape index (κ3) is 4.34. The maximum atomic E-state index is 12.1. The van der Waals surface area contributed by atoms with E-state index in [0.717, 1.165) is 5.56 Å². The Morgan fingerprint density at radius 2 is 1.86 bits per heavy atom. The number of ether oxygens (including phenoxy) is 1. The molecular formula is C17H17NO4. The summed E-state index contributed by atoms with van der Waals surface area (Å²) in [6.45, 7) is 0. The first-order valence-corrected chi connectivity index (χ1v) is 6.84. The minimum Gasteiger partial charge on any atom is -0.497 e. The van der Waals surface area contributed by atoms with Gasteiger partial charge in [-0.3, -0.25) is 9.59 Å². The molecule has 0 saturated heterocycles. The molecule has 0 aliphatic carbocycles. The molecule has 0 bridgehead atoms. The molecule has 0 fully saturated rings. The number of aliphatic carboxylic acids is 1. The van der Waals surface area contributed by atoms with Crippen molar-refractivity contribution in [1.29, 1.82) is 0 Å². The third-order valence-electron chi connectivity index (χ3n) is 3.17. The first-order chi connectivity index (χ1) is 10.6. The Bertz CT molecular complexity index is 665. The maximum absolute atomic E-state index is 12.1. The summed E-state index contributed by atoms with van der Waals surface area (Å²) in [5.74, 6) is -0.389. The Balaban J connectivity index is 2.01. The third-order valence-corrected chi connectivity index (χ3v) is 3.17. The molecule has 2 N–H and O–H groups in total. The van der Waals surface area contributed by atoms with Crippen LogP contribution < -0.4 is 10.1 Å². The fourth-order valence-corrected chi connectivity index (χ4v) is 1.98. The number of carbonyl (C=O) groups excluding carboxylic acids is 1. The van der Waals surface area contributed by atoms with E-state index in [4.69, 9.17) is 9.84 Å². The average Bonchev–Trinajstić information content (AvgIpc) is 2.53. The SMILES string of the molecule is COc1cccc(NC(=O)c2ccc(CCC(=O)O)cc2)c1. The van der Waals surface area contributed by atoms with Gasteiger partial charge in [0.05, 0.1) is 7.11 Å². The zero-order valence-electron chi connectivity index (χ0n) is 12.2. The summed E-state index contributed by atoms with van der Waals surface area (Å²) in [5.41, 5.74) is 2.06. The zero-order valence-corrected chi connectivity index (χ0v) is 12.2. The predicted molar refractivity (Wildman–Crippen MR) is 83.3 cm³/mol. The highest BCUT2D eigenvalue weighted by Crippen LogP contribution is 2.17. The Kier molecular flexibility index (Phi) is 5.14. The van der Waals surface area contributed by atoms with E-state index >= 15 is 0 Å². The fraction of sp³-hybridized carbons (Fsp3) is 0.176. The number of rotatable bonds is 6. The number of anilines is 1. The van der Waals surface area contributed by atoms with Gasteiger partial charge in [-0.15, -0.1) is 0 Å². The largest absolute Gasteiger partial charge is 0.497 e. The molecule has 0 saturated carbocycles. The van der Waals surface area contributed by atoms with E-state index in [1.165, 1.54) is 0 Å². The second-order valence-corrected chi connectivity index (χ2v) is 4.78. The molecule has 22 heavy (non-hydrogen) atoms. The van der Waals surface area contributed by atoms with E-state index in [9.17, 15) is 9.59 Å². The van der Waals surface area contributed by atoms with Crippen LogP contribution >= 0.6 is 0 Å². The number of carboxylic acids is 1. The summed E-state index contributed by atoms with van der Waals surface area (Å²) in [6, 6.07) is 14.0. The smallest absolute Gasteiger partial charge is 0.303 e. The number of benzene rings is 2. The lowest BCUT2D eigenvalue weighted by Crippen LogP contribution is -2.11. The van der Waals surface area contributed by atoms with Crippen LogP contribution in [0.15, 0.2) is 48.5 Å². The monoisotopic (exact) mass is 299 g/mol. The number of hydrogen-bond donors (Lipinski definition) is 2. The molecule has 0 unspecified atom stereocenters. The Morgan fingerprint density at radius 1 is 1.14 bits per heavy atom. The Morgan fingerprint density at radius 3 is 2.50 bits per heavy atom. The van der Waals surface area contributed by atoms with Gasteiger partial charge < -0.3 is 15.2 Å². The van der Waals surface area contributed by atoms with Crippen molar-refractivity contribution < 1.29 is 19.4 Å². The van der Waals surface area contributed by atoms with Crippen LogP contribution in [0, 0.1) is 0 Å². The van der Waals surface area contributed by atoms with Gasteiger partial charge in [0.25, 0.3) is 5.91 Å². The molecule has 5 heteroatoms. The van der Waals surface area contributed by atoms with E-state index in [1.54, 1.807) is 55.6 Å². The van der Waals surface area contributed by atoms with Crippen LogP contribution in [0.25, 0.3) is 0 Å². The number of methoxy groups -OCH3 is 1. The van der Waals surface area contributed by atoms with E-state index in [0.29, 0.717) is 23.4 Å². The van der Waals surface area contributed by atoms with Gasteiger partial charge in [-0.1, -0.05) is 18.2 Å². The van der Waals surface area contributed by atoms with Crippen molar-refractivity contribution in [2.45, 2.75) is 12.8 Å². The summed E-state index contributed by atoms with van der Waals surface area (Å²) in [7, 11) is 1.57. The number of amides is 1. The number of carboxylic acid groups (broad SMARTS) is 1. The molecule has 0 radical (unpaired) electrons. The van der Waals surface area contributed by atoms with Crippen LogP contribution in [0.2, 0.25) is 0 Å². The van der Waals surface area contributed by atoms with E-state index in [-0.39, 0.29) is 12.3 Å². The van der Waals surface area contributed by atoms with E-state index in [2.05, 4.69) is 5.32 Å². The quantitative estimate of drug-likeness (QED) is 0.860. The molecule has 2 aromatic rings. The number of aryl methyl sites for hydroxylation is 1. The van der Waals surface area contributed by atoms with Gasteiger partial charge in [-0.2, -0.15) is 0 Å². The molecule has 1 amide bonds. The molecule has 0 aliphatic heterocycles. The normalized spacial score (nSPS) is 10.0. The second kappa shape index (κ2) is 7.26. The number of hydrogen-bond acceptors (Lipinski definition) is 3. The van der Waals surface area contributed by atoms with Crippen LogP contribution in [0.1, 0.15) is 22.3 Å². The van der Waals surface area contributed by atoms with Crippen molar-refractivity contribution in [2.75, 3.05) is 12.4 Å². The number of nitrogens with one attached hydrogen (secondary N) is 1. The highest BCUT2D eigenvalue weighted by Gasteiger charge is 2.07. The van der Waals surface area contributed by atoms with Crippen molar-refractivity contribution >= 4 is 17.6 Å². The van der Waals surface area contributed by atoms with Gasteiger partial charge in [0.15, 0.2) is 0 Å². The van der Waals surface area contributed by atoms with Crippen LogP contribution in [0.5, 0.6) is 5.75 Å². The van der Waals surface area contributed by atoms with Gasteiger partial charge in [-0.05, 0) is 36.2 Å². The van der Waals surface area contributed by atoms with Crippen molar-refractivity contribution in [3.05, 3.63) is 59.7 Å². The molecule has 0 atom stereocenters. The highest BCUT2D eigenvalue weighted by atomic mass is 16.5. The first-order valence-electron chi connectivity index (χ1n) is 6.84. The van der Waals surface area contributed by atoms with Crippen LogP contribution in [-0.4, -0.2) is 24.1 Å². The average molecular weight is 299 g/mol. The minimum absolute atomic E-state index is 0.0787. The fourth-order valence-electron chi connectivity index (χ4n) is 1.98. The maximum Gasteiger partial charge on any atom is 0.303 e. The van der Waals surface area contributed by atoms with Crippen LogP contribution in [0.4, 0.5) is 5.69 Å². The van der Waals surface area contributed by atoms with Crippen molar-refractivity contribution in [2.24, 2.45) is 0 Å². The van der Waals surface area contributed by atoms with Gasteiger partial charge in [0, 0.05) is 23.7 Å². The first kappa shape index (κ1) is 15.6. The number of carbonyl (C=O) groups is 2. The van der Waals surface area contributed by atoms with Gasteiger partial charge in [0.1, 0.15) is 5.75 Å².